The second-order valence-electron chi connectivity index (χ2n) is 6.40. The van der Waals surface area contributed by atoms with Gasteiger partial charge in [0.1, 0.15) is 10.1 Å². The summed E-state index contributed by atoms with van der Waals surface area (Å²) < 4.78 is 11.3. The van der Waals surface area contributed by atoms with Crippen molar-refractivity contribution in [3.05, 3.63) is 33.1 Å². The molecule has 0 bridgehead atoms. The van der Waals surface area contributed by atoms with Crippen molar-refractivity contribution in [2.75, 3.05) is 13.7 Å². The number of hydrogen-bond acceptors (Lipinski definition) is 6. The minimum atomic E-state index is -0.447. The van der Waals surface area contributed by atoms with E-state index >= 15 is 0 Å². The fraction of sp³-hybridized carbons (Fsp3) is 0.421. The first-order valence-corrected chi connectivity index (χ1v) is 10.8. The summed E-state index contributed by atoms with van der Waals surface area (Å²) in [7, 11) is 1.31. The lowest BCUT2D eigenvalue weighted by Gasteiger charge is -2.29. The average molecular weight is 470 g/mol. The predicted octanol–water partition coefficient (Wildman–Crippen LogP) is 4.53. The van der Waals surface area contributed by atoms with Crippen LogP contribution in [0.2, 0.25) is 0 Å². The van der Waals surface area contributed by atoms with Gasteiger partial charge in [0.05, 0.1) is 16.5 Å². The van der Waals surface area contributed by atoms with Crippen molar-refractivity contribution in [3.63, 3.8) is 0 Å². The molecule has 0 aromatic heterocycles. The zero-order valence-electron chi connectivity index (χ0n) is 14.9. The van der Waals surface area contributed by atoms with E-state index < -0.39 is 5.97 Å². The summed E-state index contributed by atoms with van der Waals surface area (Å²) in [6.07, 6.45) is 7.44. The molecule has 3 rings (SSSR count). The van der Waals surface area contributed by atoms with Crippen LogP contribution in [-0.4, -0.2) is 40.9 Å². The van der Waals surface area contributed by atoms with Crippen molar-refractivity contribution in [1.29, 1.82) is 0 Å². The van der Waals surface area contributed by atoms with Gasteiger partial charge in [-0.2, -0.15) is 0 Å². The fourth-order valence-corrected chi connectivity index (χ4v) is 5.12. The maximum atomic E-state index is 12.8. The maximum Gasteiger partial charge on any atom is 0.343 e. The number of methoxy groups -OCH3 is 1. The number of amides is 1. The van der Waals surface area contributed by atoms with Gasteiger partial charge in [0.2, 0.25) is 0 Å². The number of carbonyl (C=O) groups excluding carboxylic acids is 2. The summed E-state index contributed by atoms with van der Waals surface area (Å²) >= 11 is 10.3. The zero-order chi connectivity index (χ0) is 19.4. The van der Waals surface area contributed by atoms with Gasteiger partial charge in [-0.1, -0.05) is 49.3 Å². The van der Waals surface area contributed by atoms with Crippen LogP contribution in [-0.2, 0) is 14.3 Å². The molecule has 1 saturated heterocycles. The number of carbonyl (C=O) groups is 2. The smallest absolute Gasteiger partial charge is 0.343 e. The van der Waals surface area contributed by atoms with Crippen molar-refractivity contribution in [3.8, 4) is 5.75 Å². The highest BCUT2D eigenvalue weighted by Crippen LogP contribution is 2.38. The molecule has 1 amide bonds. The Morgan fingerprint density at radius 3 is 2.78 bits per heavy atom. The van der Waals surface area contributed by atoms with Crippen LogP contribution in [0.15, 0.2) is 27.6 Å². The molecule has 2 fully saturated rings. The van der Waals surface area contributed by atoms with Crippen LogP contribution in [0.4, 0.5) is 0 Å². The van der Waals surface area contributed by atoms with Crippen molar-refractivity contribution in [2.24, 2.45) is 0 Å². The van der Waals surface area contributed by atoms with E-state index in [2.05, 4.69) is 20.7 Å². The molecular weight excluding hydrogens is 450 g/mol. The standard InChI is InChI=1S/C19H20BrNO4S2/c1-24-17(22)11-25-15-8-7-12(9-14(15)20)10-16-18(23)21(19(26)27-16)13-5-3-2-4-6-13/h7-10,13H,2-6,11H2,1H3/b16-10-. The van der Waals surface area contributed by atoms with Crippen LogP contribution in [0.25, 0.3) is 6.08 Å². The van der Waals surface area contributed by atoms with Crippen LogP contribution < -0.4 is 4.74 Å². The first kappa shape index (κ1) is 20.4. The highest BCUT2D eigenvalue weighted by molar-refractivity contribution is 9.10. The number of halogens is 1. The molecule has 1 heterocycles. The Labute approximate surface area is 176 Å². The van der Waals surface area contributed by atoms with Crippen LogP contribution >= 0.6 is 39.9 Å². The third-order valence-electron chi connectivity index (χ3n) is 4.59. The molecule has 1 aromatic carbocycles. The molecule has 0 atom stereocenters. The Bertz CT molecular complexity index is 790. The van der Waals surface area contributed by atoms with Crippen LogP contribution in [0.3, 0.4) is 0 Å². The largest absolute Gasteiger partial charge is 0.481 e. The topological polar surface area (TPSA) is 55.8 Å². The normalized spacial score (nSPS) is 19.6. The molecule has 0 spiro atoms. The predicted molar refractivity (Wildman–Crippen MR) is 114 cm³/mol. The summed E-state index contributed by atoms with van der Waals surface area (Å²) in [5, 5.41) is 0. The quantitative estimate of drug-likeness (QED) is 0.358. The van der Waals surface area contributed by atoms with Crippen molar-refractivity contribution in [2.45, 2.75) is 38.1 Å². The number of ether oxygens (including phenoxy) is 2. The Hall–Kier alpha value is -1.38. The maximum absolute atomic E-state index is 12.8. The molecule has 0 radical (unpaired) electrons. The van der Waals surface area contributed by atoms with Crippen molar-refractivity contribution < 1.29 is 19.1 Å². The molecule has 1 aliphatic carbocycles. The van der Waals surface area contributed by atoms with E-state index in [4.69, 9.17) is 17.0 Å². The van der Waals surface area contributed by atoms with Crippen molar-refractivity contribution in [1.82, 2.24) is 4.90 Å². The molecule has 0 N–H and O–H groups in total. The Kier molecular flexibility index (Phi) is 6.94. The highest BCUT2D eigenvalue weighted by Gasteiger charge is 2.37. The summed E-state index contributed by atoms with van der Waals surface area (Å²) in [6.45, 7) is -0.158. The first-order valence-electron chi connectivity index (χ1n) is 8.76. The SMILES string of the molecule is COC(=O)COc1ccc(/C=C2\SC(=S)N(C3CCCCC3)C2=O)cc1Br. The lowest BCUT2D eigenvalue weighted by molar-refractivity contribution is -0.142. The van der Waals surface area contributed by atoms with Gasteiger partial charge in [-0.05, 0) is 52.5 Å². The number of thioether (sulfide) groups is 1. The minimum absolute atomic E-state index is 0.000889. The molecule has 1 saturated carbocycles. The number of benzene rings is 1. The van der Waals surface area contributed by atoms with Gasteiger partial charge in [0, 0.05) is 6.04 Å². The molecule has 1 aromatic rings. The van der Waals surface area contributed by atoms with E-state index in [0.29, 0.717) is 19.4 Å². The number of thiocarbonyl (C=S) groups is 1. The lowest BCUT2D eigenvalue weighted by atomic mass is 9.94. The van der Waals surface area contributed by atoms with E-state index in [1.807, 2.05) is 18.2 Å². The van der Waals surface area contributed by atoms with Gasteiger partial charge in [-0.15, -0.1) is 0 Å². The Morgan fingerprint density at radius 2 is 2.11 bits per heavy atom. The summed E-state index contributed by atoms with van der Waals surface area (Å²) in [4.78, 5) is 26.5. The third kappa shape index (κ3) is 4.92. The molecule has 8 heteroatoms. The van der Waals surface area contributed by atoms with Gasteiger partial charge in [-0.3, -0.25) is 9.69 Å². The van der Waals surface area contributed by atoms with E-state index in [1.54, 1.807) is 11.0 Å². The Balaban J connectivity index is 1.72. The van der Waals surface area contributed by atoms with E-state index in [9.17, 15) is 9.59 Å². The number of esters is 1. The minimum Gasteiger partial charge on any atom is -0.481 e. The van der Waals surface area contributed by atoms with Crippen molar-refractivity contribution >= 4 is 62.2 Å². The molecule has 1 aliphatic heterocycles. The molecule has 0 unspecified atom stereocenters. The molecule has 2 aliphatic rings. The van der Waals surface area contributed by atoms with Crippen LogP contribution in [0.5, 0.6) is 5.75 Å². The molecular formula is C19H20BrNO4S2. The summed E-state index contributed by atoms with van der Waals surface area (Å²) in [5.41, 5.74) is 0.858. The fourth-order valence-electron chi connectivity index (χ4n) is 3.20. The summed E-state index contributed by atoms with van der Waals surface area (Å²) in [5.74, 6) is 0.0868. The highest BCUT2D eigenvalue weighted by atomic mass is 79.9. The first-order chi connectivity index (χ1) is 13.0. The van der Waals surface area contributed by atoms with E-state index in [-0.39, 0.29) is 18.6 Å². The van der Waals surface area contributed by atoms with E-state index in [0.717, 1.165) is 31.2 Å². The lowest BCUT2D eigenvalue weighted by Crippen LogP contribution is -2.39. The van der Waals surface area contributed by atoms with Crippen LogP contribution in [0, 0.1) is 0 Å². The second kappa shape index (κ2) is 9.21. The summed E-state index contributed by atoms with van der Waals surface area (Å²) in [6, 6.07) is 5.67. The molecule has 144 valence electrons. The number of rotatable bonds is 5. The van der Waals surface area contributed by atoms with Gasteiger partial charge >= 0.3 is 5.97 Å². The third-order valence-corrected chi connectivity index (χ3v) is 6.54. The molecule has 27 heavy (non-hydrogen) atoms. The van der Waals surface area contributed by atoms with Crippen LogP contribution in [0.1, 0.15) is 37.7 Å². The average Bonchev–Trinajstić information content (AvgIpc) is 2.94. The zero-order valence-corrected chi connectivity index (χ0v) is 18.1. The Morgan fingerprint density at radius 1 is 1.37 bits per heavy atom. The number of hydrogen-bond donors (Lipinski definition) is 0. The molecule has 5 nitrogen and oxygen atoms in total. The van der Waals surface area contributed by atoms with Gasteiger partial charge in [-0.25, -0.2) is 4.79 Å². The van der Waals surface area contributed by atoms with Gasteiger partial charge in [0.25, 0.3) is 5.91 Å². The van der Waals surface area contributed by atoms with Gasteiger partial charge < -0.3 is 9.47 Å². The van der Waals surface area contributed by atoms with Gasteiger partial charge in [0.15, 0.2) is 6.61 Å². The number of nitrogens with zero attached hydrogens (tertiary/aromatic N) is 1. The second-order valence-corrected chi connectivity index (χ2v) is 8.93. The monoisotopic (exact) mass is 469 g/mol. The van der Waals surface area contributed by atoms with E-state index in [1.165, 1.54) is 25.3 Å².